The first-order valence-corrected chi connectivity index (χ1v) is 21.3. The lowest BCUT2D eigenvalue weighted by Crippen LogP contribution is -2.38. The molecule has 0 unspecified atom stereocenters. The summed E-state index contributed by atoms with van der Waals surface area (Å²) in [6.45, 7) is 6.45. The fourth-order valence-corrected chi connectivity index (χ4v) is 9.73. The van der Waals surface area contributed by atoms with Gasteiger partial charge in [-0.15, -0.1) is 0 Å². The van der Waals surface area contributed by atoms with Crippen LogP contribution < -0.4 is 11.4 Å². The first-order valence-electron chi connectivity index (χ1n) is 21.3. The average Bonchev–Trinajstić information content (AvgIpc) is 3.77. The second kappa shape index (κ2) is 14.9. The molecule has 2 fully saturated rings. The minimum Gasteiger partial charge on any atom is -0.383 e. The van der Waals surface area contributed by atoms with Gasteiger partial charge in [-0.25, -0.2) is 18.7 Å². The summed E-state index contributed by atoms with van der Waals surface area (Å²) in [5.41, 5.74) is 5.89. The number of hydrogen-bond donors (Lipinski definition) is 1. The second-order valence-electron chi connectivity index (χ2n) is 17.0. The molecule has 5 aromatic heterocycles. The van der Waals surface area contributed by atoms with E-state index in [1.165, 1.54) is 5.56 Å². The minimum atomic E-state index is -0.768. The van der Waals surface area contributed by atoms with E-state index in [4.69, 9.17) is 19.1 Å². The normalized spacial score (nSPS) is 16.3. The predicted octanol–water partition coefficient (Wildman–Crippen LogP) is 5.83. The van der Waals surface area contributed by atoms with Crippen LogP contribution in [-0.4, -0.2) is 87.7 Å². The fourth-order valence-electron chi connectivity index (χ4n) is 9.73. The van der Waals surface area contributed by atoms with Crippen LogP contribution >= 0.6 is 0 Å². The van der Waals surface area contributed by atoms with E-state index in [9.17, 15) is 9.59 Å². The number of rotatable bonds is 10. The highest BCUT2D eigenvalue weighted by molar-refractivity contribution is 5.99. The molecule has 11 rings (SSSR count). The van der Waals surface area contributed by atoms with Gasteiger partial charge < -0.3 is 18.9 Å². The zero-order chi connectivity index (χ0) is 43.1. The summed E-state index contributed by atoms with van der Waals surface area (Å²) in [5.74, 6) is 0.0220. The van der Waals surface area contributed by atoms with Crippen LogP contribution in [0.15, 0.2) is 87.3 Å². The molecule has 3 aliphatic rings. The van der Waals surface area contributed by atoms with Crippen molar-refractivity contribution in [3.05, 3.63) is 140 Å². The molecule has 3 aromatic carbocycles. The Kier molecular flexibility index (Phi) is 9.24. The lowest BCUT2D eigenvalue weighted by molar-refractivity contribution is 0.0721. The summed E-state index contributed by atoms with van der Waals surface area (Å²) in [7, 11) is 1.65. The molecule has 8 aromatic rings. The van der Waals surface area contributed by atoms with Gasteiger partial charge in [-0.05, 0) is 111 Å². The number of carbonyl (C=O) groups is 1. The topological polar surface area (TPSA) is 165 Å². The minimum absolute atomic E-state index is 0.148. The van der Waals surface area contributed by atoms with Gasteiger partial charge in [-0.3, -0.25) is 28.1 Å². The van der Waals surface area contributed by atoms with Crippen molar-refractivity contribution in [2.45, 2.75) is 70.5 Å². The Labute approximate surface area is 359 Å². The number of ether oxygens (including phenoxy) is 2. The van der Waals surface area contributed by atoms with Crippen LogP contribution in [0.3, 0.4) is 0 Å². The molecule has 1 aliphatic carbocycles. The largest absolute Gasteiger partial charge is 0.438 e. The fraction of sp³-hybridized carbons (Fsp3) is 0.348. The van der Waals surface area contributed by atoms with Gasteiger partial charge in [0, 0.05) is 67.5 Å². The molecule has 0 bridgehead atoms. The highest BCUT2D eigenvalue weighted by atomic mass is 19.1. The molecular weight excluding hydrogens is 808 g/mol. The number of aromatic nitrogens is 9. The molecule has 7 heterocycles. The maximum absolute atomic E-state index is 15.2. The maximum atomic E-state index is 15.2. The third kappa shape index (κ3) is 6.39. The molecule has 16 nitrogen and oxygen atoms in total. The quantitative estimate of drug-likeness (QED) is 0.178. The van der Waals surface area contributed by atoms with Gasteiger partial charge >= 0.3 is 11.4 Å². The predicted molar refractivity (Wildman–Crippen MR) is 230 cm³/mol. The Balaban J connectivity index is 1.01. The third-order valence-electron chi connectivity index (χ3n) is 13.1. The van der Waals surface area contributed by atoms with E-state index in [0.717, 1.165) is 40.3 Å². The van der Waals surface area contributed by atoms with Crippen LogP contribution in [0.5, 0.6) is 0 Å². The molecule has 17 heteroatoms. The lowest BCUT2D eigenvalue weighted by atomic mass is 9.91. The summed E-state index contributed by atoms with van der Waals surface area (Å²) >= 11 is 0. The Bertz CT molecular complexity index is 3200. The molecule has 0 radical (unpaired) electrons. The maximum Gasteiger partial charge on any atom is 0.438 e. The SMILES string of the molecule is COCCn1ncc2cc(-n3ccn(-c4c5c(nn4-c4cc(C)c(F)c(C)c4)CCN(C(=O)c4cc6cc(C7CCOCC7)ccc6n4C4(c6noc(=O)[nH]6)CC4)C5)c3=O)ccc21. The third-order valence-corrected chi connectivity index (χ3v) is 13.1. The number of halogens is 1. The monoisotopic (exact) mass is 852 g/mol. The summed E-state index contributed by atoms with van der Waals surface area (Å²) in [6, 6.07) is 17.5. The number of aromatic amines is 1. The first-order chi connectivity index (χ1) is 30.6. The van der Waals surface area contributed by atoms with E-state index >= 15 is 9.18 Å². The van der Waals surface area contributed by atoms with Gasteiger partial charge in [0.1, 0.15) is 22.9 Å². The van der Waals surface area contributed by atoms with Gasteiger partial charge in [0.2, 0.25) is 0 Å². The Hall–Kier alpha value is -6.85. The number of nitrogens with one attached hydrogen (secondary N) is 1. The summed E-state index contributed by atoms with van der Waals surface area (Å²) in [6.07, 6.45) is 8.76. The molecule has 2 aliphatic heterocycles. The van der Waals surface area contributed by atoms with Crippen molar-refractivity contribution in [2.75, 3.05) is 33.5 Å². The van der Waals surface area contributed by atoms with Gasteiger partial charge in [-0.1, -0.05) is 11.2 Å². The van der Waals surface area contributed by atoms with Crippen molar-refractivity contribution in [3.8, 4) is 17.2 Å². The van der Waals surface area contributed by atoms with Gasteiger partial charge in [0.25, 0.3) is 5.91 Å². The van der Waals surface area contributed by atoms with E-state index in [0.29, 0.717) is 103 Å². The lowest BCUT2D eigenvalue weighted by Gasteiger charge is -2.28. The van der Waals surface area contributed by atoms with Crippen LogP contribution in [0.4, 0.5) is 4.39 Å². The number of aryl methyl sites for hydroxylation is 2. The van der Waals surface area contributed by atoms with E-state index in [1.54, 1.807) is 70.4 Å². The number of amides is 1. The van der Waals surface area contributed by atoms with E-state index in [1.807, 2.05) is 33.5 Å². The number of H-pyrrole nitrogens is 1. The summed E-state index contributed by atoms with van der Waals surface area (Å²) in [5, 5.41) is 15.5. The molecule has 1 amide bonds. The number of methoxy groups -OCH3 is 1. The number of nitrogens with zero attached hydrogens (tertiary/aromatic N) is 9. The Morgan fingerprint density at radius 3 is 2.48 bits per heavy atom. The van der Waals surface area contributed by atoms with Crippen LogP contribution in [0, 0.1) is 19.7 Å². The van der Waals surface area contributed by atoms with Crippen LogP contribution in [-0.2, 0) is 34.5 Å². The highest BCUT2D eigenvalue weighted by Gasteiger charge is 2.52. The molecule has 0 atom stereocenters. The first kappa shape index (κ1) is 39.0. The molecule has 0 spiro atoms. The van der Waals surface area contributed by atoms with Crippen molar-refractivity contribution in [1.29, 1.82) is 0 Å². The van der Waals surface area contributed by atoms with Crippen LogP contribution in [0.25, 0.3) is 39.0 Å². The smallest absolute Gasteiger partial charge is 0.383 e. The summed E-state index contributed by atoms with van der Waals surface area (Å²) in [4.78, 5) is 46.7. The number of imidazole rings is 1. The average molecular weight is 853 g/mol. The molecular formula is C46H45FN10O6. The van der Waals surface area contributed by atoms with Gasteiger partial charge in [0.15, 0.2) is 5.82 Å². The molecule has 322 valence electrons. The zero-order valence-corrected chi connectivity index (χ0v) is 35.1. The van der Waals surface area contributed by atoms with Crippen molar-refractivity contribution in [3.63, 3.8) is 0 Å². The Morgan fingerprint density at radius 1 is 0.952 bits per heavy atom. The van der Waals surface area contributed by atoms with Crippen LogP contribution in [0.1, 0.15) is 75.9 Å². The highest BCUT2D eigenvalue weighted by Crippen LogP contribution is 2.51. The van der Waals surface area contributed by atoms with Gasteiger partial charge in [0.05, 0.1) is 48.5 Å². The second-order valence-corrected chi connectivity index (χ2v) is 17.0. The van der Waals surface area contributed by atoms with Crippen molar-refractivity contribution >= 4 is 27.7 Å². The number of benzene rings is 3. The molecule has 1 N–H and O–H groups in total. The van der Waals surface area contributed by atoms with Crippen molar-refractivity contribution in [1.82, 2.24) is 48.3 Å². The van der Waals surface area contributed by atoms with Gasteiger partial charge in [-0.2, -0.15) is 10.2 Å². The summed E-state index contributed by atoms with van der Waals surface area (Å²) < 4.78 is 39.6. The van der Waals surface area contributed by atoms with E-state index in [-0.39, 0.29) is 24.0 Å². The van der Waals surface area contributed by atoms with Crippen molar-refractivity contribution < 1.29 is 23.2 Å². The zero-order valence-electron chi connectivity index (χ0n) is 35.1. The number of fused-ring (bicyclic) bond motifs is 3. The number of carbonyl (C=O) groups excluding carboxylic acids is 1. The molecule has 1 saturated carbocycles. The molecule has 63 heavy (non-hydrogen) atoms. The Morgan fingerprint density at radius 2 is 1.73 bits per heavy atom. The van der Waals surface area contributed by atoms with Crippen molar-refractivity contribution in [2.24, 2.45) is 0 Å². The standard InChI is InChI=1S/C46H45FN10O6/c1-27-20-34(21-28(2)40(27)47)57-41(54-15-14-53(45(54)60)33-5-7-37-32(23-33)25-48-55(37)16-19-61-3)35-26-52(13-8-36(35)50-57)42(58)39-24-31-22-30(29-9-17-62-18-10-29)4-6-38(31)56(39)46(11-12-46)43-49-44(59)63-51-43/h4-7,14-15,20-25,29H,8-13,16-19,26H2,1-3H3,(H,49,51,59). The molecule has 1 saturated heterocycles. The van der Waals surface area contributed by atoms with E-state index in [2.05, 4.69) is 33.4 Å². The number of hydrogen-bond acceptors (Lipinski definition) is 9. The van der Waals surface area contributed by atoms with Crippen LogP contribution in [0.2, 0.25) is 0 Å². The van der Waals surface area contributed by atoms with E-state index < -0.39 is 11.3 Å².